The minimum absolute atomic E-state index is 0.0307. The molecule has 0 aliphatic carbocycles. The average Bonchev–Trinajstić information content (AvgIpc) is 2.82. The van der Waals surface area contributed by atoms with E-state index in [1.165, 1.54) is 0 Å². The molecule has 2 heterocycles. The van der Waals surface area contributed by atoms with Crippen LogP contribution in [0.5, 0.6) is 0 Å². The highest BCUT2D eigenvalue weighted by molar-refractivity contribution is 5.92. The molecule has 1 aromatic rings. The molecule has 0 bridgehead atoms. The standard InChI is InChI=1S/C11H18N4O/c1-8-2-3-9(6-12)7-15(8)11(16)10-4-5-13-14-10/h4-5,8-9H,2-3,6-7,12H2,1H3,(H,13,14). The average molecular weight is 222 g/mol. The first kappa shape index (κ1) is 11.1. The van der Waals surface area contributed by atoms with Crippen molar-refractivity contribution in [3.05, 3.63) is 18.0 Å². The van der Waals surface area contributed by atoms with E-state index in [4.69, 9.17) is 5.73 Å². The number of carbonyl (C=O) groups is 1. The molecule has 2 rings (SSSR count). The van der Waals surface area contributed by atoms with Crippen molar-refractivity contribution in [2.45, 2.75) is 25.8 Å². The second-order valence-electron chi connectivity index (χ2n) is 4.46. The number of nitrogens with one attached hydrogen (secondary N) is 1. The predicted octanol–water partition coefficient (Wildman–Crippen LogP) is 0.609. The van der Waals surface area contributed by atoms with Crippen molar-refractivity contribution >= 4 is 5.91 Å². The van der Waals surface area contributed by atoms with Crippen molar-refractivity contribution < 1.29 is 4.79 Å². The van der Waals surface area contributed by atoms with Crippen LogP contribution in [0.1, 0.15) is 30.3 Å². The van der Waals surface area contributed by atoms with Gasteiger partial charge in [-0.15, -0.1) is 0 Å². The van der Waals surface area contributed by atoms with Crippen LogP contribution >= 0.6 is 0 Å². The SMILES string of the molecule is CC1CCC(CN)CN1C(=O)c1ccn[nH]1. The lowest BCUT2D eigenvalue weighted by Gasteiger charge is -2.37. The Kier molecular flexibility index (Phi) is 3.24. The van der Waals surface area contributed by atoms with Crippen LogP contribution in [0.15, 0.2) is 12.3 Å². The molecule has 1 aliphatic rings. The number of aromatic nitrogens is 2. The molecule has 1 fully saturated rings. The van der Waals surface area contributed by atoms with E-state index in [0.717, 1.165) is 19.4 Å². The van der Waals surface area contributed by atoms with Gasteiger partial charge in [0, 0.05) is 18.8 Å². The zero-order valence-electron chi connectivity index (χ0n) is 9.52. The quantitative estimate of drug-likeness (QED) is 0.769. The molecule has 2 atom stereocenters. The highest BCUT2D eigenvalue weighted by atomic mass is 16.2. The van der Waals surface area contributed by atoms with E-state index in [1.54, 1.807) is 12.3 Å². The first-order valence-electron chi connectivity index (χ1n) is 5.72. The van der Waals surface area contributed by atoms with E-state index >= 15 is 0 Å². The van der Waals surface area contributed by atoms with Crippen molar-refractivity contribution in [2.75, 3.05) is 13.1 Å². The Labute approximate surface area is 95.0 Å². The number of nitrogens with zero attached hydrogens (tertiary/aromatic N) is 2. The maximum atomic E-state index is 12.1. The lowest BCUT2D eigenvalue weighted by atomic mass is 9.93. The molecule has 0 spiro atoms. The molecule has 0 aromatic carbocycles. The third kappa shape index (κ3) is 2.09. The summed E-state index contributed by atoms with van der Waals surface area (Å²) < 4.78 is 0. The van der Waals surface area contributed by atoms with Crippen molar-refractivity contribution in [3.63, 3.8) is 0 Å². The summed E-state index contributed by atoms with van der Waals surface area (Å²) in [5.74, 6) is 0.464. The maximum Gasteiger partial charge on any atom is 0.272 e. The molecule has 0 radical (unpaired) electrons. The van der Waals surface area contributed by atoms with Gasteiger partial charge < -0.3 is 10.6 Å². The van der Waals surface area contributed by atoms with E-state index in [-0.39, 0.29) is 5.91 Å². The lowest BCUT2D eigenvalue weighted by Crippen LogP contribution is -2.47. The van der Waals surface area contributed by atoms with Gasteiger partial charge in [-0.25, -0.2) is 0 Å². The summed E-state index contributed by atoms with van der Waals surface area (Å²) in [6.07, 6.45) is 3.74. The Morgan fingerprint density at radius 3 is 3.12 bits per heavy atom. The molecule has 3 N–H and O–H groups in total. The summed E-state index contributed by atoms with van der Waals surface area (Å²) >= 11 is 0. The van der Waals surface area contributed by atoms with Gasteiger partial charge in [-0.05, 0) is 38.3 Å². The molecule has 5 nitrogen and oxygen atoms in total. The van der Waals surface area contributed by atoms with Crippen LogP contribution in [0.2, 0.25) is 0 Å². The second-order valence-corrected chi connectivity index (χ2v) is 4.46. The van der Waals surface area contributed by atoms with E-state index in [2.05, 4.69) is 17.1 Å². The van der Waals surface area contributed by atoms with Gasteiger partial charge in [0.2, 0.25) is 0 Å². The zero-order chi connectivity index (χ0) is 11.5. The summed E-state index contributed by atoms with van der Waals surface area (Å²) in [7, 11) is 0. The number of aromatic amines is 1. The fraction of sp³-hybridized carbons (Fsp3) is 0.636. The molecular weight excluding hydrogens is 204 g/mol. The highest BCUT2D eigenvalue weighted by Gasteiger charge is 2.29. The third-order valence-electron chi connectivity index (χ3n) is 3.30. The number of amides is 1. The zero-order valence-corrected chi connectivity index (χ0v) is 9.52. The largest absolute Gasteiger partial charge is 0.334 e. The van der Waals surface area contributed by atoms with Crippen LogP contribution in [0.25, 0.3) is 0 Å². The van der Waals surface area contributed by atoms with Crippen molar-refractivity contribution in [2.24, 2.45) is 11.7 Å². The Morgan fingerprint density at radius 1 is 1.69 bits per heavy atom. The molecular formula is C11H18N4O. The van der Waals surface area contributed by atoms with Crippen molar-refractivity contribution in [3.8, 4) is 0 Å². The van der Waals surface area contributed by atoms with Gasteiger partial charge in [0.05, 0.1) is 0 Å². The van der Waals surface area contributed by atoms with Gasteiger partial charge in [-0.3, -0.25) is 9.89 Å². The van der Waals surface area contributed by atoms with Crippen LogP contribution in [0.4, 0.5) is 0 Å². The Hall–Kier alpha value is -1.36. The first-order valence-corrected chi connectivity index (χ1v) is 5.72. The molecule has 1 saturated heterocycles. The monoisotopic (exact) mass is 222 g/mol. The van der Waals surface area contributed by atoms with Crippen LogP contribution in [0.3, 0.4) is 0 Å². The summed E-state index contributed by atoms with van der Waals surface area (Å²) in [5.41, 5.74) is 6.23. The maximum absolute atomic E-state index is 12.1. The number of nitrogens with two attached hydrogens (primary N) is 1. The number of rotatable bonds is 2. The van der Waals surface area contributed by atoms with Crippen molar-refractivity contribution in [1.29, 1.82) is 0 Å². The molecule has 5 heteroatoms. The Morgan fingerprint density at radius 2 is 2.50 bits per heavy atom. The van der Waals surface area contributed by atoms with Gasteiger partial charge in [0.15, 0.2) is 0 Å². The molecule has 1 aliphatic heterocycles. The van der Waals surface area contributed by atoms with Gasteiger partial charge in [0.1, 0.15) is 5.69 Å². The van der Waals surface area contributed by atoms with Crippen LogP contribution < -0.4 is 5.73 Å². The lowest BCUT2D eigenvalue weighted by molar-refractivity contribution is 0.0561. The van der Waals surface area contributed by atoms with E-state index in [0.29, 0.717) is 24.2 Å². The Balaban J connectivity index is 2.09. The smallest absolute Gasteiger partial charge is 0.272 e. The Bertz CT molecular complexity index is 349. The van der Waals surface area contributed by atoms with Crippen LogP contribution in [-0.2, 0) is 0 Å². The fourth-order valence-electron chi connectivity index (χ4n) is 2.19. The number of likely N-dealkylation sites (tertiary alicyclic amines) is 1. The molecule has 0 saturated carbocycles. The molecule has 88 valence electrons. The molecule has 16 heavy (non-hydrogen) atoms. The van der Waals surface area contributed by atoms with E-state index < -0.39 is 0 Å². The summed E-state index contributed by atoms with van der Waals surface area (Å²) in [6, 6.07) is 2.00. The predicted molar refractivity (Wildman–Crippen MR) is 60.9 cm³/mol. The van der Waals surface area contributed by atoms with Crippen molar-refractivity contribution in [1.82, 2.24) is 15.1 Å². The van der Waals surface area contributed by atoms with Crippen LogP contribution in [-0.4, -0.2) is 40.1 Å². The first-order chi connectivity index (χ1) is 7.72. The number of hydrogen-bond donors (Lipinski definition) is 2. The van der Waals surface area contributed by atoms with E-state index in [9.17, 15) is 4.79 Å². The highest BCUT2D eigenvalue weighted by Crippen LogP contribution is 2.22. The summed E-state index contributed by atoms with van der Waals surface area (Å²) in [6.45, 7) is 3.50. The molecule has 1 amide bonds. The van der Waals surface area contributed by atoms with Gasteiger partial charge >= 0.3 is 0 Å². The summed E-state index contributed by atoms with van der Waals surface area (Å²) in [4.78, 5) is 14.0. The molecule has 2 unspecified atom stereocenters. The number of carbonyl (C=O) groups excluding carboxylic acids is 1. The topological polar surface area (TPSA) is 75.0 Å². The van der Waals surface area contributed by atoms with Gasteiger partial charge in [-0.2, -0.15) is 5.10 Å². The summed E-state index contributed by atoms with van der Waals surface area (Å²) in [5, 5.41) is 6.52. The minimum atomic E-state index is 0.0307. The molecule has 1 aromatic heterocycles. The fourth-order valence-corrected chi connectivity index (χ4v) is 2.19. The minimum Gasteiger partial charge on any atom is -0.334 e. The second kappa shape index (κ2) is 4.65. The van der Waals surface area contributed by atoms with Gasteiger partial charge in [0.25, 0.3) is 5.91 Å². The normalized spacial score (nSPS) is 25.8. The number of hydrogen-bond acceptors (Lipinski definition) is 3. The van der Waals surface area contributed by atoms with Crippen LogP contribution in [0, 0.1) is 5.92 Å². The number of H-pyrrole nitrogens is 1. The number of piperidine rings is 1. The van der Waals surface area contributed by atoms with E-state index in [1.807, 2.05) is 4.90 Å². The third-order valence-corrected chi connectivity index (χ3v) is 3.30. The van der Waals surface area contributed by atoms with Gasteiger partial charge in [-0.1, -0.05) is 0 Å².